The van der Waals surface area contributed by atoms with Crippen LogP contribution in [0.2, 0.25) is 0 Å². The molecule has 6 aromatic rings. The second-order valence-corrected chi connectivity index (χ2v) is 23.1. The van der Waals surface area contributed by atoms with Crippen LogP contribution in [0.25, 0.3) is 0 Å². The molecular formula is C44H40I2O9P2S4. The highest BCUT2D eigenvalue weighted by molar-refractivity contribution is 14.2. The van der Waals surface area contributed by atoms with Crippen molar-refractivity contribution in [2.45, 2.75) is 34.1 Å². The van der Waals surface area contributed by atoms with Gasteiger partial charge < -0.3 is 35.0 Å². The fourth-order valence-electron chi connectivity index (χ4n) is 5.31. The predicted octanol–water partition coefficient (Wildman–Crippen LogP) is 13.4. The number of phenols is 5. The van der Waals surface area contributed by atoms with E-state index in [1.54, 1.807) is 109 Å². The van der Waals surface area contributed by atoms with E-state index in [-0.39, 0.29) is 35.6 Å². The van der Waals surface area contributed by atoms with E-state index in [4.69, 9.17) is 12.3 Å². The number of thioether (sulfide) groups is 2. The van der Waals surface area contributed by atoms with Crippen LogP contribution in [0, 0.1) is 13.8 Å². The van der Waals surface area contributed by atoms with Gasteiger partial charge in [0, 0.05) is 28.2 Å². The zero-order chi connectivity index (χ0) is 46.3. The van der Waals surface area contributed by atoms with E-state index in [1.807, 2.05) is 26.0 Å². The minimum absolute atomic E-state index is 0.0869. The van der Waals surface area contributed by atoms with Crippen LogP contribution in [0.1, 0.15) is 53.5 Å². The van der Waals surface area contributed by atoms with E-state index in [9.17, 15) is 24.9 Å². The molecule has 9 nitrogen and oxygen atoms in total. The van der Waals surface area contributed by atoms with Gasteiger partial charge in [-0.15, -0.1) is 23.5 Å². The summed E-state index contributed by atoms with van der Waals surface area (Å²) in [6.07, 6.45) is 0. The van der Waals surface area contributed by atoms with Crippen LogP contribution in [-0.2, 0) is 28.4 Å². The van der Waals surface area contributed by atoms with Crippen molar-refractivity contribution in [1.82, 2.24) is 0 Å². The zero-order valence-corrected chi connectivity index (χ0v) is 42.0. The Morgan fingerprint density at radius 2 is 0.984 bits per heavy atom. The van der Waals surface area contributed by atoms with Crippen molar-refractivity contribution >= 4 is 113 Å². The fraction of sp³-hybridized carbons (Fsp3) is 0.136. The summed E-state index contributed by atoms with van der Waals surface area (Å²) < 4.78 is 24.2. The molecule has 0 spiro atoms. The van der Waals surface area contributed by atoms with E-state index < -0.39 is 10.5 Å². The number of aromatic hydroxyl groups is 5. The lowest BCUT2D eigenvalue weighted by molar-refractivity contribution is 0.0511. The average Bonchev–Trinajstić information content (AvgIpc) is 3.29. The molecule has 2 atom stereocenters. The molecule has 0 fully saturated rings. The average molecular weight is 1160 g/mol. The Balaban J connectivity index is 0.000000299. The normalized spacial score (nSPS) is 11.7. The van der Waals surface area contributed by atoms with Gasteiger partial charge in [0.1, 0.15) is 34.5 Å². The van der Waals surface area contributed by atoms with E-state index >= 15 is 0 Å². The Labute approximate surface area is 406 Å². The molecule has 0 saturated carbocycles. The Kier molecular flexibility index (Phi) is 22.0. The minimum Gasteiger partial charge on any atom is -0.508 e. The number of hydrogen-bond acceptors (Lipinski definition) is 13. The summed E-state index contributed by atoms with van der Waals surface area (Å²) in [5.74, 6) is 1.43. The number of halogens is 2. The molecule has 61 heavy (non-hydrogen) atoms. The largest absolute Gasteiger partial charge is 0.508 e. The summed E-state index contributed by atoms with van der Waals surface area (Å²) in [6.45, 7) is 3.90. The van der Waals surface area contributed by atoms with Crippen molar-refractivity contribution < 1.29 is 44.6 Å². The van der Waals surface area contributed by atoms with Gasteiger partial charge in [0.15, 0.2) is 18.4 Å². The number of carbonyl (C=O) groups excluding carboxylic acids is 2. The Morgan fingerprint density at radius 1 is 0.623 bits per heavy atom. The number of methoxy groups -OCH3 is 1. The monoisotopic (exact) mass is 1160 g/mol. The number of Topliss-reactive ketones (excluding diaryl/α,β-unsaturated/α-hetero) is 2. The maximum Gasteiger partial charge on any atom is 0.293 e. The molecule has 0 amide bonds. The first-order valence-corrected chi connectivity index (χ1v) is 28.8. The molecule has 0 saturated heterocycles. The van der Waals surface area contributed by atoms with Crippen LogP contribution in [0.4, 0.5) is 0 Å². The second kappa shape index (κ2) is 27.6. The van der Waals surface area contributed by atoms with Crippen molar-refractivity contribution in [2.75, 3.05) is 13.9 Å². The van der Waals surface area contributed by atoms with Crippen molar-refractivity contribution in [2.24, 2.45) is 0 Å². The van der Waals surface area contributed by atoms with Crippen LogP contribution in [0.15, 0.2) is 143 Å². The first-order chi connectivity index (χ1) is 30.3. The summed E-state index contributed by atoms with van der Waals surface area (Å²) in [4.78, 5) is 29.7. The number of ether oxygens (including phenoxy) is 2. The molecule has 0 heterocycles. The van der Waals surface area contributed by atoms with Gasteiger partial charge >= 0.3 is 0 Å². The first kappa shape index (κ1) is 48.6. The first-order valence-electron chi connectivity index (χ1n) is 18.5. The number of ketones is 2. The van der Waals surface area contributed by atoms with Crippen LogP contribution in [0.3, 0.4) is 0 Å². The van der Waals surface area contributed by atoms with Gasteiger partial charge in [-0.3, -0.25) is 9.59 Å². The highest BCUT2D eigenvalue weighted by Gasteiger charge is 2.26. The van der Waals surface area contributed by atoms with Crippen LogP contribution in [0.5, 0.6) is 34.5 Å². The molecule has 0 aliphatic carbocycles. The topological polar surface area (TPSA) is 154 Å². The number of carbonyl (C=O) groups is 2. The molecule has 6 rings (SSSR count). The Bertz CT molecular complexity index is 2380. The van der Waals surface area contributed by atoms with Gasteiger partial charge in [-0.05, 0) is 201 Å². The Morgan fingerprint density at radius 3 is 1.33 bits per heavy atom. The Hall–Kier alpha value is -3.38. The summed E-state index contributed by atoms with van der Waals surface area (Å²) in [5.41, 5.74) is 4.30. The van der Waals surface area contributed by atoms with Crippen LogP contribution >= 0.6 is 77.6 Å². The SMILES string of the molecule is S=PI.S=PI.[3H]Oc1ccc(C(Sc2ccc(C)cc2O)C(=O)c2ccc(O)cc2)cc1.[3H]Oc1ccc(C(Sc2ccc(C)cc2O)C(=O)c2ccc(OCOC)cc2)cc1. The molecule has 318 valence electrons. The molecule has 0 radical (unpaired) electrons. The van der Waals surface area contributed by atoms with E-state index in [0.29, 0.717) is 38.2 Å². The number of benzene rings is 6. The summed E-state index contributed by atoms with van der Waals surface area (Å²) >= 11 is 15.4. The van der Waals surface area contributed by atoms with Gasteiger partial charge in [0.05, 0.1) is 20.3 Å². The summed E-state index contributed by atoms with van der Waals surface area (Å²) in [5, 5.41) is 37.8. The molecule has 2 unspecified atom stereocenters. The van der Waals surface area contributed by atoms with Crippen LogP contribution < -0.4 is 4.74 Å². The highest BCUT2D eigenvalue weighted by Crippen LogP contribution is 2.43. The molecular weight excluding hydrogens is 1120 g/mol. The summed E-state index contributed by atoms with van der Waals surface area (Å²) in [6, 6.07) is 37.1. The van der Waals surface area contributed by atoms with Gasteiger partial charge in [-0.2, -0.15) is 0 Å². The molecule has 0 aromatic heterocycles. The molecule has 0 aliphatic heterocycles. The van der Waals surface area contributed by atoms with Gasteiger partial charge in [0.2, 0.25) is 0 Å². The van der Waals surface area contributed by atoms with Crippen LogP contribution in [-0.4, -0.2) is 53.9 Å². The third-order valence-electron chi connectivity index (χ3n) is 8.19. The lowest BCUT2D eigenvalue weighted by Crippen LogP contribution is -2.10. The van der Waals surface area contributed by atoms with Crippen molar-refractivity contribution in [3.63, 3.8) is 0 Å². The highest BCUT2D eigenvalue weighted by atomic mass is 127. The standard InChI is InChI=1S/C23H22O5S.C21H18O4S.2IPS/c1-15-3-12-21(20(25)13-15)29-23(17-4-8-18(24)9-5-17)22(26)16-6-10-19(11-7-16)28-14-27-2;1-13-2-11-19(18(24)12-13)26-21(15-5-9-17(23)10-6-15)20(25)14-3-7-16(22)8-4-14;2*1-2-3/h3-13,23-25H,14H2,1-2H3;2-12,21-24H,1H3;;/i/hT2. The molecule has 0 aliphatic rings. The smallest absolute Gasteiger partial charge is 0.293 e. The predicted molar refractivity (Wildman–Crippen MR) is 271 cm³/mol. The third kappa shape index (κ3) is 17.4. The molecule has 5 N–H and O–H groups in total. The molecule has 17 heteroatoms. The van der Waals surface area contributed by atoms with E-state index in [1.165, 1.54) is 42.8 Å². The number of rotatable bonds is 15. The molecule has 0 bridgehead atoms. The number of aryl methyl sites for hydroxylation is 2. The minimum atomic E-state index is -0.608. The lowest BCUT2D eigenvalue weighted by atomic mass is 10.0. The lowest BCUT2D eigenvalue weighted by Gasteiger charge is -2.17. The van der Waals surface area contributed by atoms with Crippen molar-refractivity contribution in [3.05, 3.63) is 167 Å². The van der Waals surface area contributed by atoms with E-state index in [0.717, 1.165) is 32.3 Å². The quantitative estimate of drug-likeness (QED) is 0.0218. The maximum atomic E-state index is 13.4. The van der Waals surface area contributed by atoms with Gasteiger partial charge in [0.25, 0.3) is 2.86 Å². The molecule has 6 aromatic carbocycles. The maximum absolute atomic E-state index is 13.4. The van der Waals surface area contributed by atoms with E-state index in [2.05, 4.69) is 77.9 Å². The van der Waals surface area contributed by atoms with Crippen molar-refractivity contribution in [3.8, 4) is 34.5 Å². The number of hydrogen-bond donors (Lipinski definition) is 5. The summed E-state index contributed by atoms with van der Waals surface area (Å²) in [7, 11) is 1.54. The zero-order valence-electron chi connectivity index (χ0n) is 34.6. The van der Waals surface area contributed by atoms with Crippen molar-refractivity contribution in [1.29, 1.82) is 2.86 Å². The second-order valence-electron chi connectivity index (χ2n) is 12.6. The van der Waals surface area contributed by atoms with Gasteiger partial charge in [-0.25, -0.2) is 0 Å². The third-order valence-corrected chi connectivity index (χ3v) is 10.8. The fourth-order valence-corrected chi connectivity index (χ4v) is 7.54. The number of phenolic OH excluding ortho intramolecular Hbond substituents is 5. The van der Waals surface area contributed by atoms with Gasteiger partial charge in [-0.1, -0.05) is 36.4 Å².